The Bertz CT molecular complexity index is 240. The highest BCUT2D eigenvalue weighted by Crippen LogP contribution is 2.03. The molecular weight excluding hydrogens is 184 g/mol. The molecule has 2 atom stereocenters. The van der Waals surface area contributed by atoms with Gasteiger partial charge in [0.1, 0.15) is 0 Å². The van der Waals surface area contributed by atoms with Crippen LogP contribution in [0.5, 0.6) is 0 Å². The van der Waals surface area contributed by atoms with Gasteiger partial charge in [-0.15, -0.1) is 0 Å². The minimum absolute atomic E-state index is 0.141. The Kier molecular flexibility index (Phi) is 3.60. The van der Waals surface area contributed by atoms with Gasteiger partial charge < -0.3 is 10.4 Å². The predicted octanol–water partition coefficient (Wildman–Crippen LogP) is -0.992. The van der Waals surface area contributed by atoms with Crippen molar-refractivity contribution in [2.45, 2.75) is 32.4 Å². The first-order valence-electron chi connectivity index (χ1n) is 4.76. The fourth-order valence-electron chi connectivity index (χ4n) is 1.22. The summed E-state index contributed by atoms with van der Waals surface area (Å²) in [5.74, 6) is -0.417. The van der Waals surface area contributed by atoms with E-state index < -0.39 is 12.1 Å². The van der Waals surface area contributed by atoms with Crippen molar-refractivity contribution in [2.24, 2.45) is 5.92 Å². The molecule has 1 saturated heterocycles. The van der Waals surface area contributed by atoms with Gasteiger partial charge in [-0.1, -0.05) is 13.8 Å². The molecule has 1 rings (SSSR count). The van der Waals surface area contributed by atoms with E-state index >= 15 is 0 Å². The van der Waals surface area contributed by atoms with Gasteiger partial charge >= 0.3 is 0 Å². The highest BCUT2D eigenvalue weighted by Gasteiger charge is 2.30. The summed E-state index contributed by atoms with van der Waals surface area (Å²) in [6.45, 7) is 4.13. The Morgan fingerprint density at radius 1 is 1.57 bits per heavy atom. The van der Waals surface area contributed by atoms with Crippen molar-refractivity contribution < 1.29 is 14.7 Å². The highest BCUT2D eigenvalue weighted by atomic mass is 16.3. The van der Waals surface area contributed by atoms with E-state index in [0.717, 1.165) is 0 Å². The van der Waals surface area contributed by atoms with Gasteiger partial charge in [-0.3, -0.25) is 14.9 Å². The number of nitrogens with one attached hydrogen (secondary N) is 2. The first kappa shape index (κ1) is 11.1. The summed E-state index contributed by atoms with van der Waals surface area (Å²) in [4.78, 5) is 21.9. The smallest absolute Gasteiger partial charge is 0.244 e. The summed E-state index contributed by atoms with van der Waals surface area (Å²) >= 11 is 0. The van der Waals surface area contributed by atoms with Crippen molar-refractivity contribution in [1.82, 2.24) is 10.6 Å². The van der Waals surface area contributed by atoms with Crippen LogP contribution in [0, 0.1) is 5.92 Å². The van der Waals surface area contributed by atoms with Gasteiger partial charge in [0.25, 0.3) is 0 Å². The maximum atomic E-state index is 11.1. The lowest BCUT2D eigenvalue weighted by Crippen LogP contribution is -2.41. The van der Waals surface area contributed by atoms with Gasteiger partial charge in [0.15, 0.2) is 0 Å². The van der Waals surface area contributed by atoms with Crippen LogP contribution >= 0.6 is 0 Å². The van der Waals surface area contributed by atoms with Crippen molar-refractivity contribution >= 4 is 11.8 Å². The molecule has 2 unspecified atom stereocenters. The number of imide groups is 1. The van der Waals surface area contributed by atoms with E-state index in [-0.39, 0.29) is 24.2 Å². The predicted molar refractivity (Wildman–Crippen MR) is 50.4 cm³/mol. The van der Waals surface area contributed by atoms with E-state index in [1.54, 1.807) is 0 Å². The van der Waals surface area contributed by atoms with Crippen molar-refractivity contribution in [3.05, 3.63) is 0 Å². The molecule has 1 aliphatic rings. The third-order valence-corrected chi connectivity index (χ3v) is 2.31. The number of rotatable bonds is 4. The van der Waals surface area contributed by atoms with E-state index in [9.17, 15) is 14.7 Å². The molecule has 5 nitrogen and oxygen atoms in total. The molecule has 3 N–H and O–H groups in total. The van der Waals surface area contributed by atoms with Gasteiger partial charge in [-0.05, 0) is 5.92 Å². The summed E-state index contributed by atoms with van der Waals surface area (Å²) in [5, 5.41) is 14.5. The molecule has 0 aromatic carbocycles. The Morgan fingerprint density at radius 3 is 2.64 bits per heavy atom. The van der Waals surface area contributed by atoms with Crippen LogP contribution in [0.15, 0.2) is 0 Å². The second-order valence-corrected chi connectivity index (χ2v) is 3.89. The Morgan fingerprint density at radius 2 is 2.21 bits per heavy atom. The van der Waals surface area contributed by atoms with Crippen LogP contribution in [0.1, 0.15) is 20.3 Å². The number of hydrogen-bond donors (Lipinski definition) is 3. The Labute approximate surface area is 82.9 Å². The lowest BCUT2D eigenvalue weighted by atomic mass is 10.1. The average Bonchev–Trinajstić information content (AvgIpc) is 2.40. The zero-order valence-electron chi connectivity index (χ0n) is 8.41. The van der Waals surface area contributed by atoms with Gasteiger partial charge in [-0.2, -0.15) is 0 Å². The molecular formula is C9H16N2O3. The molecule has 0 radical (unpaired) electrons. The third kappa shape index (κ3) is 2.78. The summed E-state index contributed by atoms with van der Waals surface area (Å²) in [7, 11) is 0. The molecule has 0 saturated carbocycles. The molecule has 5 heteroatoms. The van der Waals surface area contributed by atoms with Gasteiger partial charge in [0, 0.05) is 6.54 Å². The van der Waals surface area contributed by atoms with Crippen LogP contribution in [-0.4, -0.2) is 35.6 Å². The number of aliphatic hydroxyl groups excluding tert-OH is 1. The lowest BCUT2D eigenvalue weighted by Gasteiger charge is -2.16. The number of hydrogen-bond acceptors (Lipinski definition) is 4. The molecule has 0 aromatic rings. The van der Waals surface area contributed by atoms with Crippen LogP contribution in [-0.2, 0) is 9.59 Å². The Balaban J connectivity index is 2.32. The van der Waals surface area contributed by atoms with Crippen LogP contribution in [0.3, 0.4) is 0 Å². The van der Waals surface area contributed by atoms with Crippen LogP contribution in [0.2, 0.25) is 0 Å². The van der Waals surface area contributed by atoms with Crippen LogP contribution < -0.4 is 10.6 Å². The van der Waals surface area contributed by atoms with Crippen LogP contribution in [0.4, 0.5) is 0 Å². The summed E-state index contributed by atoms with van der Waals surface area (Å²) < 4.78 is 0. The fraction of sp³-hybridized carbons (Fsp3) is 0.778. The molecule has 2 amide bonds. The highest BCUT2D eigenvalue weighted by molar-refractivity contribution is 6.05. The molecule has 80 valence electrons. The minimum atomic E-state index is -0.487. The normalized spacial score (nSPS) is 24.1. The molecule has 14 heavy (non-hydrogen) atoms. The first-order valence-corrected chi connectivity index (χ1v) is 4.76. The van der Waals surface area contributed by atoms with Crippen molar-refractivity contribution in [3.8, 4) is 0 Å². The van der Waals surface area contributed by atoms with Gasteiger partial charge in [0.05, 0.1) is 18.6 Å². The SMILES string of the molecule is CC(C)C(O)CNC1CC(=O)NC1=O. The maximum absolute atomic E-state index is 11.1. The summed E-state index contributed by atoms with van der Waals surface area (Å²) in [6, 6.07) is -0.476. The van der Waals surface area contributed by atoms with Gasteiger partial charge in [-0.25, -0.2) is 0 Å². The maximum Gasteiger partial charge on any atom is 0.244 e. The quantitative estimate of drug-likeness (QED) is 0.509. The number of aliphatic hydroxyl groups is 1. The lowest BCUT2D eigenvalue weighted by molar-refractivity contribution is -0.125. The zero-order chi connectivity index (χ0) is 10.7. The van der Waals surface area contributed by atoms with Crippen molar-refractivity contribution in [2.75, 3.05) is 6.54 Å². The molecule has 0 spiro atoms. The molecule has 1 fully saturated rings. The summed E-state index contributed by atoms with van der Waals surface area (Å²) in [5.41, 5.74) is 0. The second-order valence-electron chi connectivity index (χ2n) is 3.89. The first-order chi connectivity index (χ1) is 6.50. The van der Waals surface area contributed by atoms with E-state index in [2.05, 4.69) is 10.6 Å². The molecule has 0 bridgehead atoms. The van der Waals surface area contributed by atoms with Crippen molar-refractivity contribution in [1.29, 1.82) is 0 Å². The van der Waals surface area contributed by atoms with E-state index in [1.807, 2.05) is 13.8 Å². The summed E-state index contributed by atoms with van der Waals surface area (Å²) in [6.07, 6.45) is -0.317. The molecule has 0 aromatic heterocycles. The van der Waals surface area contributed by atoms with E-state index in [0.29, 0.717) is 6.54 Å². The zero-order valence-corrected chi connectivity index (χ0v) is 8.41. The largest absolute Gasteiger partial charge is 0.392 e. The minimum Gasteiger partial charge on any atom is -0.392 e. The van der Waals surface area contributed by atoms with Crippen molar-refractivity contribution in [3.63, 3.8) is 0 Å². The van der Waals surface area contributed by atoms with Gasteiger partial charge in [0.2, 0.25) is 11.8 Å². The second kappa shape index (κ2) is 4.52. The van der Waals surface area contributed by atoms with E-state index in [1.165, 1.54) is 0 Å². The molecule has 1 heterocycles. The van der Waals surface area contributed by atoms with E-state index in [4.69, 9.17) is 0 Å². The molecule has 1 aliphatic heterocycles. The standard InChI is InChI=1S/C9H16N2O3/c1-5(2)7(12)4-10-6-3-8(13)11-9(6)14/h5-7,10,12H,3-4H2,1-2H3,(H,11,13,14). The average molecular weight is 200 g/mol. The monoisotopic (exact) mass is 200 g/mol. The third-order valence-electron chi connectivity index (χ3n) is 2.31. The van der Waals surface area contributed by atoms with Crippen LogP contribution in [0.25, 0.3) is 0 Å². The topological polar surface area (TPSA) is 78.4 Å². The number of carbonyl (C=O) groups excluding carboxylic acids is 2. The Hall–Kier alpha value is -0.940. The fourth-order valence-corrected chi connectivity index (χ4v) is 1.22. The number of carbonyl (C=O) groups is 2. The molecule has 0 aliphatic carbocycles. The number of amides is 2.